The SMILES string of the molecule is Cc1ccc(CNC(c2ccccc2)c2nccn2C)s1.Cl. The first kappa shape index (κ1) is 16.7. The fourth-order valence-corrected chi connectivity index (χ4v) is 3.28. The Morgan fingerprint density at radius 1 is 1.18 bits per heavy atom. The Morgan fingerprint density at radius 3 is 2.55 bits per heavy atom. The third-order valence-corrected chi connectivity index (χ3v) is 4.53. The van der Waals surface area contributed by atoms with E-state index >= 15 is 0 Å². The van der Waals surface area contributed by atoms with E-state index in [4.69, 9.17) is 0 Å². The van der Waals surface area contributed by atoms with E-state index in [9.17, 15) is 0 Å². The Bertz CT molecular complexity index is 706. The number of aryl methyl sites for hydroxylation is 2. The van der Waals surface area contributed by atoms with Gasteiger partial charge in [-0.15, -0.1) is 23.7 Å². The van der Waals surface area contributed by atoms with Gasteiger partial charge in [0.05, 0.1) is 6.04 Å². The Hall–Kier alpha value is -1.62. The van der Waals surface area contributed by atoms with Crippen LogP contribution in [-0.4, -0.2) is 9.55 Å². The molecular weight excluding hydrogens is 314 g/mol. The number of nitrogens with one attached hydrogen (secondary N) is 1. The molecule has 1 aromatic carbocycles. The van der Waals surface area contributed by atoms with Crippen LogP contribution >= 0.6 is 23.7 Å². The maximum absolute atomic E-state index is 4.51. The van der Waals surface area contributed by atoms with Crippen molar-refractivity contribution < 1.29 is 0 Å². The van der Waals surface area contributed by atoms with E-state index in [1.54, 1.807) is 0 Å². The van der Waals surface area contributed by atoms with Gasteiger partial charge in [0.1, 0.15) is 5.82 Å². The lowest BCUT2D eigenvalue weighted by Crippen LogP contribution is -2.24. The topological polar surface area (TPSA) is 29.9 Å². The number of halogens is 1. The Balaban J connectivity index is 0.00000176. The van der Waals surface area contributed by atoms with Crippen LogP contribution in [0, 0.1) is 6.92 Å². The van der Waals surface area contributed by atoms with Gasteiger partial charge in [0.15, 0.2) is 0 Å². The first-order chi connectivity index (χ1) is 10.2. The molecule has 0 saturated carbocycles. The van der Waals surface area contributed by atoms with Gasteiger partial charge < -0.3 is 4.57 Å². The zero-order valence-electron chi connectivity index (χ0n) is 12.7. The Morgan fingerprint density at radius 2 is 1.95 bits per heavy atom. The molecule has 3 rings (SSSR count). The lowest BCUT2D eigenvalue weighted by atomic mass is 10.1. The second-order valence-electron chi connectivity index (χ2n) is 5.13. The van der Waals surface area contributed by atoms with E-state index in [1.807, 2.05) is 36.8 Å². The highest BCUT2D eigenvalue weighted by atomic mass is 35.5. The van der Waals surface area contributed by atoms with Crippen molar-refractivity contribution in [2.75, 3.05) is 0 Å². The molecule has 0 radical (unpaired) electrons. The molecule has 1 atom stereocenters. The van der Waals surface area contributed by atoms with Crippen LogP contribution in [0.1, 0.15) is 27.2 Å². The summed E-state index contributed by atoms with van der Waals surface area (Å²) in [6.07, 6.45) is 3.84. The van der Waals surface area contributed by atoms with Crippen LogP contribution < -0.4 is 5.32 Å². The van der Waals surface area contributed by atoms with Crippen molar-refractivity contribution in [1.29, 1.82) is 0 Å². The third-order valence-electron chi connectivity index (χ3n) is 3.53. The molecular formula is C17H20ClN3S. The van der Waals surface area contributed by atoms with Crippen molar-refractivity contribution in [3.05, 3.63) is 76.0 Å². The molecule has 2 heterocycles. The molecule has 0 aliphatic rings. The summed E-state index contributed by atoms with van der Waals surface area (Å²) in [7, 11) is 2.04. The molecule has 5 heteroatoms. The van der Waals surface area contributed by atoms with Crippen LogP contribution in [0.2, 0.25) is 0 Å². The van der Waals surface area contributed by atoms with Crippen molar-refractivity contribution in [3.63, 3.8) is 0 Å². The zero-order chi connectivity index (χ0) is 14.7. The molecule has 2 aromatic heterocycles. The number of benzene rings is 1. The maximum atomic E-state index is 4.51. The minimum absolute atomic E-state index is 0. The highest BCUT2D eigenvalue weighted by Crippen LogP contribution is 2.22. The van der Waals surface area contributed by atoms with Gasteiger partial charge in [-0.25, -0.2) is 4.98 Å². The lowest BCUT2D eigenvalue weighted by Gasteiger charge is -2.18. The molecule has 0 fully saturated rings. The van der Waals surface area contributed by atoms with Crippen LogP contribution in [0.15, 0.2) is 54.9 Å². The van der Waals surface area contributed by atoms with Crippen molar-refractivity contribution in [2.45, 2.75) is 19.5 Å². The first-order valence-electron chi connectivity index (χ1n) is 7.05. The Kier molecular flexibility index (Phi) is 5.77. The summed E-state index contributed by atoms with van der Waals surface area (Å²) in [6, 6.07) is 14.9. The predicted molar refractivity (Wildman–Crippen MR) is 94.6 cm³/mol. The van der Waals surface area contributed by atoms with Gasteiger partial charge in [0.25, 0.3) is 0 Å². The fourth-order valence-electron chi connectivity index (χ4n) is 2.44. The fraction of sp³-hybridized carbons (Fsp3) is 0.235. The summed E-state index contributed by atoms with van der Waals surface area (Å²) in [5, 5.41) is 3.64. The summed E-state index contributed by atoms with van der Waals surface area (Å²) in [5.74, 6) is 1.04. The van der Waals surface area contributed by atoms with Crippen LogP contribution in [0.25, 0.3) is 0 Å². The number of hydrogen-bond donors (Lipinski definition) is 1. The monoisotopic (exact) mass is 333 g/mol. The summed E-state index contributed by atoms with van der Waals surface area (Å²) in [6.45, 7) is 2.99. The summed E-state index contributed by atoms with van der Waals surface area (Å²) >= 11 is 1.84. The van der Waals surface area contributed by atoms with Crippen LogP contribution in [0.3, 0.4) is 0 Å². The molecule has 0 saturated heterocycles. The molecule has 1 unspecified atom stereocenters. The van der Waals surface area contributed by atoms with Crippen molar-refractivity contribution in [2.24, 2.45) is 7.05 Å². The average molecular weight is 334 g/mol. The van der Waals surface area contributed by atoms with Gasteiger partial charge in [0, 0.05) is 35.7 Å². The molecule has 0 aliphatic carbocycles. The molecule has 0 aliphatic heterocycles. The quantitative estimate of drug-likeness (QED) is 0.762. The molecule has 22 heavy (non-hydrogen) atoms. The highest BCUT2D eigenvalue weighted by molar-refractivity contribution is 7.11. The zero-order valence-corrected chi connectivity index (χ0v) is 14.3. The number of hydrogen-bond acceptors (Lipinski definition) is 3. The summed E-state index contributed by atoms with van der Waals surface area (Å²) < 4.78 is 2.07. The molecule has 0 spiro atoms. The molecule has 0 bridgehead atoms. The van der Waals surface area contributed by atoms with E-state index < -0.39 is 0 Å². The normalized spacial score (nSPS) is 11.9. The van der Waals surface area contributed by atoms with Crippen LogP contribution in [-0.2, 0) is 13.6 Å². The predicted octanol–water partition coefficient (Wildman–Crippen LogP) is 4.09. The van der Waals surface area contributed by atoms with E-state index in [0.717, 1.165) is 12.4 Å². The standard InChI is InChI=1S/C17H19N3S.ClH/c1-13-8-9-15(21-13)12-19-16(14-6-4-3-5-7-14)17-18-10-11-20(17)2;/h3-11,16,19H,12H2,1-2H3;1H. The molecule has 0 amide bonds. The third kappa shape index (κ3) is 3.77. The second-order valence-corrected chi connectivity index (χ2v) is 6.51. The van der Waals surface area contributed by atoms with Crippen LogP contribution in [0.5, 0.6) is 0 Å². The number of nitrogens with zero attached hydrogens (tertiary/aromatic N) is 2. The maximum Gasteiger partial charge on any atom is 0.130 e. The van der Waals surface area contributed by atoms with Gasteiger partial charge in [0.2, 0.25) is 0 Å². The molecule has 1 N–H and O–H groups in total. The number of rotatable bonds is 5. The number of thiophene rings is 1. The highest BCUT2D eigenvalue weighted by Gasteiger charge is 2.17. The lowest BCUT2D eigenvalue weighted by molar-refractivity contribution is 0.561. The van der Waals surface area contributed by atoms with Gasteiger partial charge in [-0.05, 0) is 24.6 Å². The molecule has 3 nitrogen and oxygen atoms in total. The van der Waals surface area contributed by atoms with Gasteiger partial charge in [-0.2, -0.15) is 0 Å². The van der Waals surface area contributed by atoms with Crippen molar-refractivity contribution >= 4 is 23.7 Å². The van der Waals surface area contributed by atoms with Gasteiger partial charge in [-0.1, -0.05) is 30.3 Å². The van der Waals surface area contributed by atoms with E-state index in [-0.39, 0.29) is 18.4 Å². The minimum Gasteiger partial charge on any atom is -0.336 e. The van der Waals surface area contributed by atoms with Crippen molar-refractivity contribution in [3.8, 4) is 0 Å². The minimum atomic E-state index is 0. The average Bonchev–Trinajstić information content (AvgIpc) is 3.10. The number of imidazole rings is 1. The van der Waals surface area contributed by atoms with Crippen LogP contribution in [0.4, 0.5) is 0 Å². The van der Waals surface area contributed by atoms with Gasteiger partial charge in [-0.3, -0.25) is 5.32 Å². The van der Waals surface area contributed by atoms with Gasteiger partial charge >= 0.3 is 0 Å². The van der Waals surface area contributed by atoms with E-state index in [1.165, 1.54) is 15.3 Å². The van der Waals surface area contributed by atoms with E-state index in [2.05, 4.69) is 58.2 Å². The largest absolute Gasteiger partial charge is 0.336 e. The smallest absolute Gasteiger partial charge is 0.130 e. The van der Waals surface area contributed by atoms with Crippen molar-refractivity contribution in [1.82, 2.24) is 14.9 Å². The number of aromatic nitrogens is 2. The first-order valence-corrected chi connectivity index (χ1v) is 7.86. The van der Waals surface area contributed by atoms with E-state index in [0.29, 0.717) is 0 Å². The molecule has 116 valence electrons. The summed E-state index contributed by atoms with van der Waals surface area (Å²) in [5.41, 5.74) is 1.24. The molecule has 3 aromatic rings. The summed E-state index contributed by atoms with van der Waals surface area (Å²) in [4.78, 5) is 7.21. The Labute approximate surface area is 141 Å². The second kappa shape index (κ2) is 7.58.